The molecule has 0 saturated heterocycles. The highest BCUT2D eigenvalue weighted by Crippen LogP contribution is 2.32. The number of rotatable bonds is 4. The summed E-state index contributed by atoms with van der Waals surface area (Å²) in [7, 11) is 0. The van der Waals surface area contributed by atoms with Gasteiger partial charge in [-0.05, 0) is 5.56 Å². The lowest BCUT2D eigenvalue weighted by atomic mass is 10.1. The Hall–Kier alpha value is -1.75. The molecule has 4 nitrogen and oxygen atoms in total. The highest BCUT2D eigenvalue weighted by Gasteiger charge is 2.19. The van der Waals surface area contributed by atoms with E-state index in [1.807, 2.05) is 30.3 Å². The van der Waals surface area contributed by atoms with Gasteiger partial charge >= 0.3 is 0 Å². The van der Waals surface area contributed by atoms with Gasteiger partial charge in [0.15, 0.2) is 5.16 Å². The lowest BCUT2D eigenvalue weighted by Gasteiger charge is -2.11. The molecule has 1 aromatic carbocycles. The fourth-order valence-corrected chi connectivity index (χ4v) is 2.24. The van der Waals surface area contributed by atoms with Gasteiger partial charge in [0, 0.05) is 12.4 Å². The largest absolute Gasteiger partial charge is 0.368 e. The minimum absolute atomic E-state index is 0.368. The van der Waals surface area contributed by atoms with E-state index in [-0.39, 0.29) is 5.91 Å². The summed E-state index contributed by atoms with van der Waals surface area (Å²) in [5.74, 6) is -0.368. The first-order chi connectivity index (χ1) is 7.77. The molecule has 2 aromatic rings. The number of carbonyl (C=O) groups is 1. The van der Waals surface area contributed by atoms with Crippen molar-refractivity contribution in [3.05, 3.63) is 48.3 Å². The molecule has 0 radical (unpaired) electrons. The summed E-state index contributed by atoms with van der Waals surface area (Å²) in [5, 5.41) is 0.278. The molecule has 0 spiro atoms. The number of aromatic nitrogens is 2. The molecule has 0 aliphatic rings. The van der Waals surface area contributed by atoms with Crippen LogP contribution in [0, 0.1) is 0 Å². The average molecular weight is 233 g/mol. The molecule has 1 atom stereocenters. The number of amides is 1. The van der Waals surface area contributed by atoms with Gasteiger partial charge in [0.05, 0.1) is 0 Å². The summed E-state index contributed by atoms with van der Waals surface area (Å²) in [4.78, 5) is 18.4. The molecular weight excluding hydrogens is 222 g/mol. The van der Waals surface area contributed by atoms with Gasteiger partial charge in [-0.3, -0.25) is 4.79 Å². The second-order valence-corrected chi connectivity index (χ2v) is 4.30. The van der Waals surface area contributed by atoms with E-state index in [0.29, 0.717) is 5.16 Å². The second-order valence-electron chi connectivity index (χ2n) is 3.21. The summed E-state index contributed by atoms with van der Waals surface area (Å²) < 4.78 is 0. The van der Waals surface area contributed by atoms with Crippen molar-refractivity contribution in [2.75, 3.05) is 0 Å². The minimum Gasteiger partial charge on any atom is -0.368 e. The number of benzene rings is 1. The van der Waals surface area contributed by atoms with Gasteiger partial charge in [0.1, 0.15) is 5.25 Å². The van der Waals surface area contributed by atoms with E-state index in [0.717, 1.165) is 5.56 Å². The zero-order valence-electron chi connectivity index (χ0n) is 8.46. The number of H-pyrrole nitrogens is 1. The standard InChI is InChI=1S/C11H11N3OS/c12-10(15)9(8-4-2-1-3-5-8)16-11-13-6-7-14-11/h1-7,9H,(H2,12,15)(H,13,14)/t9-/m1/s1. The van der Waals surface area contributed by atoms with E-state index in [4.69, 9.17) is 5.73 Å². The van der Waals surface area contributed by atoms with Gasteiger partial charge in [-0.25, -0.2) is 4.98 Å². The fourth-order valence-electron chi connectivity index (χ4n) is 1.35. The lowest BCUT2D eigenvalue weighted by molar-refractivity contribution is -0.117. The molecule has 0 fully saturated rings. The van der Waals surface area contributed by atoms with Crippen LogP contribution in [0.25, 0.3) is 0 Å². The summed E-state index contributed by atoms with van der Waals surface area (Å²) in [5.41, 5.74) is 6.27. The Kier molecular flexibility index (Phi) is 3.26. The lowest BCUT2D eigenvalue weighted by Crippen LogP contribution is -2.18. The van der Waals surface area contributed by atoms with Crippen LogP contribution in [0.4, 0.5) is 0 Å². The SMILES string of the molecule is NC(=O)[C@H](Sc1ncc[nH]1)c1ccccc1. The molecule has 0 aliphatic carbocycles. The van der Waals surface area contributed by atoms with Crippen LogP contribution in [0.1, 0.15) is 10.8 Å². The number of thioether (sulfide) groups is 1. The quantitative estimate of drug-likeness (QED) is 0.790. The predicted octanol–water partition coefficient (Wildman–Crippen LogP) is 1.73. The van der Waals surface area contributed by atoms with Crippen LogP contribution in [-0.4, -0.2) is 15.9 Å². The summed E-state index contributed by atoms with van der Waals surface area (Å²) in [6.45, 7) is 0. The number of carbonyl (C=O) groups excluding carboxylic acids is 1. The van der Waals surface area contributed by atoms with Crippen molar-refractivity contribution < 1.29 is 4.79 Å². The molecule has 0 aliphatic heterocycles. The number of primary amides is 1. The van der Waals surface area contributed by atoms with E-state index in [9.17, 15) is 4.79 Å². The maximum absolute atomic E-state index is 11.4. The second kappa shape index (κ2) is 4.85. The first-order valence-corrected chi connectivity index (χ1v) is 5.65. The van der Waals surface area contributed by atoms with Gasteiger partial charge in [0.2, 0.25) is 5.91 Å². The Morgan fingerprint density at radius 2 is 2.12 bits per heavy atom. The van der Waals surface area contributed by atoms with Crippen LogP contribution in [0.2, 0.25) is 0 Å². The van der Waals surface area contributed by atoms with Crippen LogP contribution in [0.15, 0.2) is 47.9 Å². The molecule has 3 N–H and O–H groups in total. The van der Waals surface area contributed by atoms with E-state index >= 15 is 0 Å². The van der Waals surface area contributed by atoms with Gasteiger partial charge in [-0.15, -0.1) is 0 Å². The van der Waals surface area contributed by atoms with Gasteiger partial charge in [-0.2, -0.15) is 0 Å². The van der Waals surface area contributed by atoms with Crippen molar-refractivity contribution in [3.63, 3.8) is 0 Å². The molecule has 0 saturated carbocycles. The molecular formula is C11H11N3OS. The van der Waals surface area contributed by atoms with Crippen molar-refractivity contribution in [1.82, 2.24) is 9.97 Å². The van der Waals surface area contributed by atoms with Crippen molar-refractivity contribution in [2.24, 2.45) is 5.73 Å². The normalized spacial score (nSPS) is 12.2. The molecule has 5 heteroatoms. The Morgan fingerprint density at radius 3 is 2.69 bits per heavy atom. The van der Waals surface area contributed by atoms with Crippen molar-refractivity contribution >= 4 is 17.7 Å². The number of nitrogens with one attached hydrogen (secondary N) is 1. The van der Waals surface area contributed by atoms with E-state index < -0.39 is 5.25 Å². The minimum atomic E-state index is -0.410. The smallest absolute Gasteiger partial charge is 0.235 e. The molecule has 1 heterocycles. The molecule has 1 aromatic heterocycles. The first kappa shape index (κ1) is 10.8. The monoisotopic (exact) mass is 233 g/mol. The fraction of sp³-hybridized carbons (Fsp3) is 0.0909. The van der Waals surface area contributed by atoms with Crippen LogP contribution in [0.3, 0.4) is 0 Å². The van der Waals surface area contributed by atoms with E-state index in [2.05, 4.69) is 9.97 Å². The maximum Gasteiger partial charge on any atom is 0.235 e. The highest BCUT2D eigenvalue weighted by molar-refractivity contribution is 8.00. The Morgan fingerprint density at radius 1 is 1.38 bits per heavy atom. The molecule has 82 valence electrons. The van der Waals surface area contributed by atoms with Gasteiger partial charge in [0.25, 0.3) is 0 Å². The van der Waals surface area contributed by atoms with Gasteiger partial charge in [-0.1, -0.05) is 42.1 Å². The van der Waals surface area contributed by atoms with Gasteiger partial charge < -0.3 is 10.7 Å². The Bertz CT molecular complexity index is 455. The topological polar surface area (TPSA) is 71.8 Å². The van der Waals surface area contributed by atoms with E-state index in [1.165, 1.54) is 11.8 Å². The predicted molar refractivity (Wildman–Crippen MR) is 62.8 cm³/mol. The maximum atomic E-state index is 11.4. The molecule has 1 amide bonds. The summed E-state index contributed by atoms with van der Waals surface area (Å²) in [6.07, 6.45) is 3.36. The highest BCUT2D eigenvalue weighted by atomic mass is 32.2. The third kappa shape index (κ3) is 2.43. The number of imidazole rings is 1. The third-order valence-electron chi connectivity index (χ3n) is 2.06. The first-order valence-electron chi connectivity index (χ1n) is 4.77. The summed E-state index contributed by atoms with van der Waals surface area (Å²) in [6, 6.07) is 9.43. The third-order valence-corrected chi connectivity index (χ3v) is 3.25. The van der Waals surface area contributed by atoms with Crippen LogP contribution < -0.4 is 5.73 Å². The zero-order chi connectivity index (χ0) is 11.4. The number of hydrogen-bond donors (Lipinski definition) is 2. The average Bonchev–Trinajstić information content (AvgIpc) is 2.79. The van der Waals surface area contributed by atoms with Crippen molar-refractivity contribution in [2.45, 2.75) is 10.4 Å². The Labute approximate surface area is 97.3 Å². The van der Waals surface area contributed by atoms with Crippen molar-refractivity contribution in [1.29, 1.82) is 0 Å². The van der Waals surface area contributed by atoms with Crippen LogP contribution >= 0.6 is 11.8 Å². The molecule has 0 bridgehead atoms. The number of nitrogens with zero attached hydrogens (tertiary/aromatic N) is 1. The molecule has 0 unspecified atom stereocenters. The number of aromatic amines is 1. The molecule has 2 rings (SSSR count). The number of nitrogens with two attached hydrogens (primary N) is 1. The zero-order valence-corrected chi connectivity index (χ0v) is 9.28. The summed E-state index contributed by atoms with van der Waals surface area (Å²) >= 11 is 1.32. The molecule has 16 heavy (non-hydrogen) atoms. The van der Waals surface area contributed by atoms with Crippen LogP contribution in [-0.2, 0) is 4.79 Å². The number of hydrogen-bond acceptors (Lipinski definition) is 3. The van der Waals surface area contributed by atoms with Crippen molar-refractivity contribution in [3.8, 4) is 0 Å². The van der Waals surface area contributed by atoms with E-state index in [1.54, 1.807) is 12.4 Å². The Balaban J connectivity index is 2.22. The van der Waals surface area contributed by atoms with Crippen LogP contribution in [0.5, 0.6) is 0 Å².